The number of hydrogen-bond acceptors (Lipinski definition) is 7. The predicted octanol–water partition coefficient (Wildman–Crippen LogP) is 4.15. The molecule has 0 atom stereocenters. The Balaban J connectivity index is 1.63. The monoisotopic (exact) mass is 457 g/mol. The Morgan fingerprint density at radius 1 is 1.40 bits per heavy atom. The van der Waals surface area contributed by atoms with Crippen LogP contribution in [0, 0.1) is 6.92 Å². The van der Waals surface area contributed by atoms with Crippen molar-refractivity contribution < 1.29 is 4.79 Å². The minimum absolute atomic E-state index is 0.116. The van der Waals surface area contributed by atoms with Gasteiger partial charge >= 0.3 is 0 Å². The zero-order valence-corrected chi connectivity index (χ0v) is 18.9. The number of aryl methyl sites for hydroxylation is 2. The fraction of sp³-hybridized carbons (Fsp3) is 0.200. The lowest BCUT2D eigenvalue weighted by molar-refractivity contribution is -0.113. The third-order valence-electron chi connectivity index (χ3n) is 4.36. The van der Waals surface area contributed by atoms with E-state index in [-0.39, 0.29) is 17.2 Å². The van der Waals surface area contributed by atoms with E-state index in [0.717, 1.165) is 16.1 Å². The molecule has 0 spiro atoms. The van der Waals surface area contributed by atoms with E-state index in [1.807, 2.05) is 29.8 Å². The molecule has 0 fully saturated rings. The van der Waals surface area contributed by atoms with Gasteiger partial charge in [-0.25, -0.2) is 4.98 Å². The van der Waals surface area contributed by atoms with E-state index in [1.54, 1.807) is 39.8 Å². The molecule has 30 heavy (non-hydrogen) atoms. The highest BCUT2D eigenvalue weighted by Gasteiger charge is 2.18. The van der Waals surface area contributed by atoms with Gasteiger partial charge in [-0.3, -0.25) is 18.8 Å². The van der Waals surface area contributed by atoms with Gasteiger partial charge in [-0.1, -0.05) is 23.9 Å². The molecule has 0 bridgehead atoms. The van der Waals surface area contributed by atoms with Crippen LogP contribution in [0.2, 0.25) is 0 Å². The summed E-state index contributed by atoms with van der Waals surface area (Å²) in [6.07, 6.45) is 1.66. The summed E-state index contributed by atoms with van der Waals surface area (Å²) in [6, 6.07) is 5.76. The van der Waals surface area contributed by atoms with Gasteiger partial charge in [0.2, 0.25) is 5.91 Å². The molecule has 0 aromatic carbocycles. The maximum Gasteiger partial charge on any atom is 0.263 e. The third-order valence-corrected chi connectivity index (χ3v) is 7.11. The molecule has 7 nitrogen and oxygen atoms in total. The molecule has 0 unspecified atom stereocenters. The Kier molecular flexibility index (Phi) is 5.89. The molecule has 4 rings (SSSR count). The molecule has 154 valence electrons. The van der Waals surface area contributed by atoms with Crippen LogP contribution in [0.15, 0.2) is 51.6 Å². The number of fused-ring (bicyclic) bond motifs is 1. The summed E-state index contributed by atoms with van der Waals surface area (Å²) in [4.78, 5) is 32.1. The van der Waals surface area contributed by atoms with Gasteiger partial charge in [0.1, 0.15) is 10.6 Å². The molecule has 10 heteroatoms. The number of carbonyl (C=O) groups is 1. The number of allylic oxidation sites excluding steroid dienone is 1. The minimum Gasteiger partial charge on any atom is -0.310 e. The van der Waals surface area contributed by atoms with Crippen LogP contribution < -0.4 is 10.9 Å². The lowest BCUT2D eigenvalue weighted by Crippen LogP contribution is -2.23. The number of anilines is 1. The number of nitrogens with one attached hydrogen (secondary N) is 1. The summed E-state index contributed by atoms with van der Waals surface area (Å²) >= 11 is 4.27. The quantitative estimate of drug-likeness (QED) is 0.256. The Morgan fingerprint density at radius 3 is 2.90 bits per heavy atom. The molecule has 1 amide bonds. The van der Waals surface area contributed by atoms with Crippen LogP contribution in [-0.4, -0.2) is 31.0 Å². The number of rotatable bonds is 7. The van der Waals surface area contributed by atoms with Gasteiger partial charge in [0.15, 0.2) is 5.16 Å². The first-order valence-corrected chi connectivity index (χ1v) is 11.8. The van der Waals surface area contributed by atoms with Crippen molar-refractivity contribution in [3.05, 3.63) is 57.7 Å². The number of aromatic nitrogens is 4. The van der Waals surface area contributed by atoms with Crippen molar-refractivity contribution in [2.75, 3.05) is 11.1 Å². The molecule has 0 saturated heterocycles. The number of thiophene rings is 2. The molecule has 4 aromatic rings. The average molecular weight is 458 g/mol. The van der Waals surface area contributed by atoms with Crippen molar-refractivity contribution in [2.24, 2.45) is 7.05 Å². The predicted molar refractivity (Wildman–Crippen MR) is 125 cm³/mol. The second kappa shape index (κ2) is 8.58. The second-order valence-electron chi connectivity index (χ2n) is 6.54. The topological polar surface area (TPSA) is 81.8 Å². The molecule has 4 aromatic heterocycles. The maximum absolute atomic E-state index is 13.3. The molecular weight excluding hydrogens is 438 g/mol. The molecule has 0 aliphatic carbocycles. The van der Waals surface area contributed by atoms with Gasteiger partial charge in [0, 0.05) is 35.5 Å². The minimum atomic E-state index is -0.187. The summed E-state index contributed by atoms with van der Waals surface area (Å²) < 4.78 is 3.19. The lowest BCUT2D eigenvalue weighted by atomic mass is 10.2. The van der Waals surface area contributed by atoms with E-state index in [1.165, 1.54) is 23.1 Å². The van der Waals surface area contributed by atoms with Crippen LogP contribution in [0.1, 0.15) is 5.69 Å². The molecular formula is C20H19N5O2S3. The van der Waals surface area contributed by atoms with E-state index < -0.39 is 0 Å². The maximum atomic E-state index is 13.3. The first-order chi connectivity index (χ1) is 14.5. The van der Waals surface area contributed by atoms with Crippen molar-refractivity contribution in [3.8, 4) is 10.4 Å². The standard InChI is InChI=1S/C20H19N5O2S3/c1-4-7-25-19(27)17-13(14-6-5-8-28-14)10-29-18(17)22-20(25)30-11-16(26)21-15-9-12(2)23-24(15)3/h4-6,8-10H,1,7,11H2,2-3H3,(H,21,26). The normalized spacial score (nSPS) is 11.1. The summed E-state index contributed by atoms with van der Waals surface area (Å²) in [7, 11) is 1.77. The number of amides is 1. The first-order valence-electron chi connectivity index (χ1n) is 9.08. The fourth-order valence-electron chi connectivity index (χ4n) is 3.06. The Labute approximate surface area is 185 Å². The van der Waals surface area contributed by atoms with Crippen molar-refractivity contribution in [1.29, 1.82) is 0 Å². The summed E-state index contributed by atoms with van der Waals surface area (Å²) in [5.74, 6) is 0.569. The van der Waals surface area contributed by atoms with Crippen molar-refractivity contribution in [2.45, 2.75) is 18.6 Å². The Morgan fingerprint density at radius 2 is 2.23 bits per heavy atom. The molecule has 4 heterocycles. The van der Waals surface area contributed by atoms with Crippen LogP contribution in [0.3, 0.4) is 0 Å². The Hall–Kier alpha value is -2.69. The summed E-state index contributed by atoms with van der Waals surface area (Å²) in [5, 5.41) is 12.1. The molecule has 0 aliphatic heterocycles. The molecule has 0 aliphatic rings. The highest BCUT2D eigenvalue weighted by molar-refractivity contribution is 7.99. The first kappa shape index (κ1) is 20.6. The van der Waals surface area contributed by atoms with E-state index in [0.29, 0.717) is 27.7 Å². The number of carbonyl (C=O) groups excluding carboxylic acids is 1. The zero-order valence-electron chi connectivity index (χ0n) is 16.4. The van der Waals surface area contributed by atoms with Gasteiger partial charge in [-0.05, 0) is 18.4 Å². The van der Waals surface area contributed by atoms with Gasteiger partial charge < -0.3 is 5.32 Å². The van der Waals surface area contributed by atoms with Crippen molar-refractivity contribution >= 4 is 56.4 Å². The van der Waals surface area contributed by atoms with Crippen molar-refractivity contribution in [3.63, 3.8) is 0 Å². The van der Waals surface area contributed by atoms with Gasteiger partial charge in [-0.2, -0.15) is 5.10 Å². The SMILES string of the molecule is C=CCn1c(SCC(=O)Nc2cc(C)nn2C)nc2scc(-c3cccs3)c2c1=O. The molecule has 0 radical (unpaired) electrons. The van der Waals surface area contributed by atoms with E-state index in [9.17, 15) is 9.59 Å². The van der Waals surface area contributed by atoms with Gasteiger partial charge in [-0.15, -0.1) is 29.3 Å². The van der Waals surface area contributed by atoms with Crippen LogP contribution in [0.4, 0.5) is 5.82 Å². The van der Waals surface area contributed by atoms with Crippen LogP contribution in [0.5, 0.6) is 0 Å². The fourth-order valence-corrected chi connectivity index (χ4v) is 5.67. The zero-order chi connectivity index (χ0) is 21.3. The lowest BCUT2D eigenvalue weighted by Gasteiger charge is -2.10. The van der Waals surface area contributed by atoms with Crippen LogP contribution in [0.25, 0.3) is 20.7 Å². The number of hydrogen-bond donors (Lipinski definition) is 1. The number of thioether (sulfide) groups is 1. The van der Waals surface area contributed by atoms with Crippen LogP contribution >= 0.6 is 34.4 Å². The van der Waals surface area contributed by atoms with E-state index in [2.05, 4.69) is 22.0 Å². The summed E-state index contributed by atoms with van der Waals surface area (Å²) in [6.45, 7) is 5.95. The molecule has 1 N–H and O–H groups in total. The third kappa shape index (κ3) is 3.98. The smallest absolute Gasteiger partial charge is 0.263 e. The van der Waals surface area contributed by atoms with E-state index in [4.69, 9.17) is 0 Å². The number of nitrogens with zero attached hydrogens (tertiary/aromatic N) is 4. The highest BCUT2D eigenvalue weighted by atomic mass is 32.2. The highest BCUT2D eigenvalue weighted by Crippen LogP contribution is 2.34. The van der Waals surface area contributed by atoms with Gasteiger partial charge in [0.05, 0.1) is 16.8 Å². The van der Waals surface area contributed by atoms with E-state index >= 15 is 0 Å². The second-order valence-corrected chi connectivity index (χ2v) is 9.29. The average Bonchev–Trinajstić information content (AvgIpc) is 3.43. The van der Waals surface area contributed by atoms with Gasteiger partial charge in [0.25, 0.3) is 5.56 Å². The largest absolute Gasteiger partial charge is 0.310 e. The Bertz CT molecular complexity index is 1280. The summed E-state index contributed by atoms with van der Waals surface area (Å²) in [5.41, 5.74) is 1.61. The van der Waals surface area contributed by atoms with Crippen LogP contribution in [-0.2, 0) is 18.4 Å². The van der Waals surface area contributed by atoms with Crippen molar-refractivity contribution in [1.82, 2.24) is 19.3 Å². The molecule has 0 saturated carbocycles.